The lowest BCUT2D eigenvalue weighted by atomic mass is 9.93. The number of nitrogens with zero attached hydrogens (tertiary/aromatic N) is 1. The molecule has 0 aromatic heterocycles. The number of rotatable bonds is 8. The van der Waals surface area contributed by atoms with Gasteiger partial charge in [0.15, 0.2) is 0 Å². The topological polar surface area (TPSA) is 61.8 Å². The van der Waals surface area contributed by atoms with E-state index in [-0.39, 0.29) is 24.6 Å². The quantitative estimate of drug-likeness (QED) is 0.619. The molecule has 0 saturated carbocycles. The third-order valence-corrected chi connectivity index (χ3v) is 6.48. The normalized spacial score (nSPS) is 19.6. The minimum Gasteiger partial charge on any atom is -0.491 e. The van der Waals surface area contributed by atoms with E-state index >= 15 is 0 Å². The van der Waals surface area contributed by atoms with Crippen LogP contribution in [-0.4, -0.2) is 53.3 Å². The van der Waals surface area contributed by atoms with Gasteiger partial charge in [0.05, 0.1) is 6.54 Å². The molecule has 2 N–H and O–H groups in total. The van der Waals surface area contributed by atoms with Crippen molar-refractivity contribution in [2.45, 2.75) is 58.1 Å². The van der Waals surface area contributed by atoms with Crippen molar-refractivity contribution < 1.29 is 14.6 Å². The van der Waals surface area contributed by atoms with E-state index < -0.39 is 5.60 Å². The third-order valence-electron chi connectivity index (χ3n) is 5.89. The summed E-state index contributed by atoms with van der Waals surface area (Å²) in [6.45, 7) is 9.60. The van der Waals surface area contributed by atoms with Crippen LogP contribution in [0.25, 0.3) is 0 Å². The Morgan fingerprint density at radius 3 is 2.53 bits per heavy atom. The van der Waals surface area contributed by atoms with Gasteiger partial charge in [-0.1, -0.05) is 41.9 Å². The van der Waals surface area contributed by atoms with E-state index in [0.29, 0.717) is 18.7 Å². The first-order chi connectivity index (χ1) is 15.1. The van der Waals surface area contributed by atoms with E-state index in [1.54, 1.807) is 0 Å². The third kappa shape index (κ3) is 6.96. The lowest BCUT2D eigenvalue weighted by molar-refractivity contribution is -0.126. The number of likely N-dealkylation sites (tertiary alicyclic amines) is 1. The van der Waals surface area contributed by atoms with E-state index in [4.69, 9.17) is 16.3 Å². The zero-order valence-electron chi connectivity index (χ0n) is 19.6. The van der Waals surface area contributed by atoms with Crippen LogP contribution in [0, 0.1) is 13.8 Å². The van der Waals surface area contributed by atoms with Crippen molar-refractivity contribution >= 4 is 17.5 Å². The Morgan fingerprint density at radius 1 is 1.22 bits per heavy atom. The number of halogens is 1. The van der Waals surface area contributed by atoms with Crippen LogP contribution in [0.4, 0.5) is 0 Å². The highest BCUT2D eigenvalue weighted by molar-refractivity contribution is 6.32. The molecule has 1 aliphatic heterocycles. The Kier molecular flexibility index (Phi) is 7.86. The first kappa shape index (κ1) is 24.6. The maximum atomic E-state index is 12.7. The van der Waals surface area contributed by atoms with E-state index in [2.05, 4.69) is 17.4 Å². The van der Waals surface area contributed by atoms with Gasteiger partial charge in [-0.2, -0.15) is 0 Å². The van der Waals surface area contributed by atoms with Gasteiger partial charge in [-0.15, -0.1) is 0 Å². The second-order valence-electron chi connectivity index (χ2n) is 9.79. The lowest BCUT2D eigenvalue weighted by Gasteiger charge is -2.39. The fraction of sp³-hybridized carbons (Fsp3) is 0.500. The average Bonchev–Trinajstić information content (AvgIpc) is 2.70. The first-order valence-corrected chi connectivity index (χ1v) is 11.6. The van der Waals surface area contributed by atoms with Gasteiger partial charge < -0.3 is 15.2 Å². The largest absolute Gasteiger partial charge is 0.491 e. The SMILES string of the molecule is Cc1cc(OC[C@@]2(O)CCCN(CC(=O)NC(C)(C)Cc3ccccc3)C2)cc(C)c1Cl. The minimum absolute atomic E-state index is 0.0277. The molecule has 0 bridgehead atoms. The molecule has 5 nitrogen and oxygen atoms in total. The lowest BCUT2D eigenvalue weighted by Crippen LogP contribution is -2.55. The van der Waals surface area contributed by atoms with E-state index in [1.165, 1.54) is 5.56 Å². The summed E-state index contributed by atoms with van der Waals surface area (Å²) in [6.07, 6.45) is 2.23. The summed E-state index contributed by atoms with van der Waals surface area (Å²) in [5.74, 6) is 0.676. The van der Waals surface area contributed by atoms with Crippen molar-refractivity contribution in [2.24, 2.45) is 0 Å². The Bertz CT molecular complexity index is 909. The van der Waals surface area contributed by atoms with Crippen LogP contribution < -0.4 is 10.1 Å². The standard InChI is InChI=1S/C26H35ClN2O3/c1-19-13-22(14-20(2)24(19)27)32-18-26(31)11-8-12-29(17-26)16-23(30)28-25(3,4)15-21-9-6-5-7-10-21/h5-7,9-10,13-14,31H,8,11-12,15-18H2,1-4H3,(H,28,30)/t26-/m1/s1. The molecule has 1 saturated heterocycles. The minimum atomic E-state index is -0.987. The molecule has 2 aromatic carbocycles. The number of carbonyl (C=O) groups is 1. The number of aliphatic hydroxyl groups is 1. The number of aryl methyl sites for hydroxylation is 2. The average molecular weight is 459 g/mol. The molecule has 32 heavy (non-hydrogen) atoms. The van der Waals surface area contributed by atoms with Crippen LogP contribution in [0.1, 0.15) is 43.4 Å². The summed E-state index contributed by atoms with van der Waals surface area (Å²) < 4.78 is 5.93. The first-order valence-electron chi connectivity index (χ1n) is 11.2. The molecule has 2 aromatic rings. The Labute approximate surface area is 196 Å². The van der Waals surface area contributed by atoms with Crippen molar-refractivity contribution in [3.63, 3.8) is 0 Å². The van der Waals surface area contributed by atoms with Crippen LogP contribution in [-0.2, 0) is 11.2 Å². The molecule has 0 radical (unpaired) electrons. The van der Waals surface area contributed by atoms with Gasteiger partial charge >= 0.3 is 0 Å². The predicted molar refractivity (Wildman–Crippen MR) is 129 cm³/mol. The number of piperidine rings is 1. The van der Waals surface area contributed by atoms with Crippen LogP contribution in [0.2, 0.25) is 5.02 Å². The molecule has 1 atom stereocenters. The molecule has 174 valence electrons. The smallest absolute Gasteiger partial charge is 0.234 e. The van der Waals surface area contributed by atoms with Crippen molar-refractivity contribution in [1.29, 1.82) is 0 Å². The number of hydrogen-bond donors (Lipinski definition) is 2. The molecule has 0 unspecified atom stereocenters. The number of carbonyl (C=O) groups excluding carboxylic acids is 1. The van der Waals surface area contributed by atoms with Crippen LogP contribution in [0.3, 0.4) is 0 Å². The number of β-amino-alcohol motifs (C(OH)–C–C–N with tert-alkyl or cyclic N) is 1. The summed E-state index contributed by atoms with van der Waals surface area (Å²) >= 11 is 6.23. The second-order valence-corrected chi connectivity index (χ2v) is 10.2. The summed E-state index contributed by atoms with van der Waals surface area (Å²) in [5.41, 5.74) is 1.76. The highest BCUT2D eigenvalue weighted by Crippen LogP contribution is 2.28. The summed E-state index contributed by atoms with van der Waals surface area (Å²) in [6, 6.07) is 13.9. The van der Waals surface area contributed by atoms with Gasteiger partial charge in [0.2, 0.25) is 5.91 Å². The number of ether oxygens (including phenoxy) is 1. The summed E-state index contributed by atoms with van der Waals surface area (Å²) in [5, 5.41) is 15.0. The molecular weight excluding hydrogens is 424 g/mol. The number of nitrogens with one attached hydrogen (secondary N) is 1. The summed E-state index contributed by atoms with van der Waals surface area (Å²) in [7, 11) is 0. The van der Waals surface area contributed by atoms with Crippen LogP contribution >= 0.6 is 11.6 Å². The van der Waals surface area contributed by atoms with Crippen LogP contribution in [0.15, 0.2) is 42.5 Å². The zero-order chi connectivity index (χ0) is 23.4. The van der Waals surface area contributed by atoms with Gasteiger partial charge in [0, 0.05) is 17.1 Å². The van der Waals surface area contributed by atoms with Gasteiger partial charge in [-0.05, 0) is 82.3 Å². The number of amides is 1. The monoisotopic (exact) mass is 458 g/mol. The van der Waals surface area contributed by atoms with Crippen LogP contribution in [0.5, 0.6) is 5.75 Å². The summed E-state index contributed by atoms with van der Waals surface area (Å²) in [4.78, 5) is 14.7. The molecule has 0 spiro atoms. The maximum absolute atomic E-state index is 12.7. The van der Waals surface area contributed by atoms with Gasteiger partial charge in [0.1, 0.15) is 18.0 Å². The fourth-order valence-electron chi connectivity index (χ4n) is 4.44. The highest BCUT2D eigenvalue weighted by Gasteiger charge is 2.35. The van der Waals surface area contributed by atoms with Gasteiger partial charge in [0.25, 0.3) is 0 Å². The molecular formula is C26H35ClN2O3. The van der Waals surface area contributed by atoms with Crippen molar-refractivity contribution in [1.82, 2.24) is 10.2 Å². The van der Waals surface area contributed by atoms with Crippen molar-refractivity contribution in [3.05, 3.63) is 64.2 Å². The highest BCUT2D eigenvalue weighted by atomic mass is 35.5. The zero-order valence-corrected chi connectivity index (χ0v) is 20.3. The molecule has 0 aliphatic carbocycles. The number of hydrogen-bond acceptors (Lipinski definition) is 4. The molecule has 1 heterocycles. The van der Waals surface area contributed by atoms with Crippen molar-refractivity contribution in [2.75, 3.05) is 26.2 Å². The van der Waals surface area contributed by atoms with Crippen molar-refractivity contribution in [3.8, 4) is 5.75 Å². The molecule has 1 amide bonds. The van der Waals surface area contributed by atoms with E-state index in [1.807, 2.05) is 62.9 Å². The molecule has 6 heteroatoms. The van der Waals surface area contributed by atoms with Gasteiger partial charge in [-0.25, -0.2) is 0 Å². The molecule has 1 fully saturated rings. The fourth-order valence-corrected chi connectivity index (χ4v) is 4.55. The predicted octanol–water partition coefficient (Wildman–Crippen LogP) is 4.30. The number of benzene rings is 2. The molecule has 1 aliphatic rings. The molecule has 3 rings (SSSR count). The van der Waals surface area contributed by atoms with Gasteiger partial charge in [-0.3, -0.25) is 9.69 Å². The Morgan fingerprint density at radius 2 is 1.88 bits per heavy atom. The van der Waals surface area contributed by atoms with E-state index in [9.17, 15) is 9.90 Å². The Balaban J connectivity index is 1.52. The van der Waals surface area contributed by atoms with E-state index in [0.717, 1.165) is 35.5 Å². The second kappa shape index (κ2) is 10.2. The Hall–Kier alpha value is -2.08. The maximum Gasteiger partial charge on any atom is 0.234 e.